The van der Waals surface area contributed by atoms with Crippen LogP contribution in [0, 0.1) is 5.92 Å². The second-order valence-corrected chi connectivity index (χ2v) is 4.26. The van der Waals surface area contributed by atoms with Gasteiger partial charge in [-0.05, 0) is 18.8 Å². The first-order chi connectivity index (χ1) is 6.43. The molecule has 1 fully saturated rings. The average molecular weight is 184 g/mol. The van der Waals surface area contributed by atoms with Crippen LogP contribution in [-0.2, 0) is 4.74 Å². The summed E-state index contributed by atoms with van der Waals surface area (Å²) in [4.78, 5) is 0. The Morgan fingerprint density at radius 3 is 2.31 bits per heavy atom. The van der Waals surface area contributed by atoms with Crippen molar-refractivity contribution in [3.05, 3.63) is 0 Å². The number of hydrogen-bond donors (Lipinski definition) is 0. The molecule has 1 saturated carbocycles. The van der Waals surface area contributed by atoms with Gasteiger partial charge in [-0.25, -0.2) is 0 Å². The molecule has 0 saturated heterocycles. The molecule has 0 amide bonds. The molecule has 0 aromatic carbocycles. The van der Waals surface area contributed by atoms with Crippen LogP contribution in [0.15, 0.2) is 0 Å². The van der Waals surface area contributed by atoms with Crippen LogP contribution in [-0.4, -0.2) is 13.2 Å². The molecular formula is C12H24O. The highest BCUT2D eigenvalue weighted by molar-refractivity contribution is 4.64. The molecule has 0 bridgehead atoms. The van der Waals surface area contributed by atoms with Crippen molar-refractivity contribution < 1.29 is 4.74 Å². The van der Waals surface area contributed by atoms with Gasteiger partial charge in [0, 0.05) is 13.2 Å². The van der Waals surface area contributed by atoms with Gasteiger partial charge in [0.25, 0.3) is 0 Å². The van der Waals surface area contributed by atoms with Crippen LogP contribution in [0.4, 0.5) is 0 Å². The third-order valence-corrected chi connectivity index (χ3v) is 2.99. The molecule has 1 aliphatic carbocycles. The SMILES string of the molecule is CCCOCCC1CCCCCC1. The minimum absolute atomic E-state index is 0.951. The highest BCUT2D eigenvalue weighted by atomic mass is 16.5. The van der Waals surface area contributed by atoms with Crippen LogP contribution in [0.5, 0.6) is 0 Å². The summed E-state index contributed by atoms with van der Waals surface area (Å²) in [5.41, 5.74) is 0. The first kappa shape index (κ1) is 11.0. The molecule has 0 spiro atoms. The fourth-order valence-corrected chi connectivity index (χ4v) is 2.15. The molecule has 78 valence electrons. The predicted molar refractivity (Wildman–Crippen MR) is 56.9 cm³/mol. The monoisotopic (exact) mass is 184 g/mol. The van der Waals surface area contributed by atoms with E-state index in [0.29, 0.717) is 0 Å². The van der Waals surface area contributed by atoms with Gasteiger partial charge in [-0.1, -0.05) is 45.4 Å². The molecular weight excluding hydrogens is 160 g/mol. The first-order valence-corrected chi connectivity index (χ1v) is 6.01. The van der Waals surface area contributed by atoms with E-state index < -0.39 is 0 Å². The number of rotatable bonds is 5. The van der Waals surface area contributed by atoms with E-state index in [1.54, 1.807) is 0 Å². The van der Waals surface area contributed by atoms with Gasteiger partial charge in [-0.2, -0.15) is 0 Å². The van der Waals surface area contributed by atoms with E-state index in [0.717, 1.165) is 25.6 Å². The van der Waals surface area contributed by atoms with Crippen molar-refractivity contribution in [2.24, 2.45) is 5.92 Å². The Morgan fingerprint density at radius 2 is 1.69 bits per heavy atom. The summed E-state index contributed by atoms with van der Waals surface area (Å²) in [6.45, 7) is 4.12. The largest absolute Gasteiger partial charge is 0.381 e. The molecule has 0 atom stereocenters. The van der Waals surface area contributed by atoms with E-state index in [9.17, 15) is 0 Å². The lowest BCUT2D eigenvalue weighted by Gasteiger charge is -2.13. The van der Waals surface area contributed by atoms with Crippen molar-refractivity contribution in [1.29, 1.82) is 0 Å². The Hall–Kier alpha value is -0.0400. The van der Waals surface area contributed by atoms with Crippen LogP contribution in [0.1, 0.15) is 58.3 Å². The van der Waals surface area contributed by atoms with E-state index >= 15 is 0 Å². The lowest BCUT2D eigenvalue weighted by atomic mass is 9.97. The van der Waals surface area contributed by atoms with Gasteiger partial charge in [0.1, 0.15) is 0 Å². The van der Waals surface area contributed by atoms with Crippen LogP contribution in [0.3, 0.4) is 0 Å². The predicted octanol–water partition coefficient (Wildman–Crippen LogP) is 3.77. The van der Waals surface area contributed by atoms with Gasteiger partial charge in [0.2, 0.25) is 0 Å². The standard InChI is InChI=1S/C12H24O/c1-2-10-13-11-9-12-7-5-3-4-6-8-12/h12H,2-11H2,1H3. The lowest BCUT2D eigenvalue weighted by molar-refractivity contribution is 0.118. The Labute approximate surface area is 82.9 Å². The molecule has 1 nitrogen and oxygen atoms in total. The molecule has 0 aromatic rings. The maximum absolute atomic E-state index is 5.53. The minimum Gasteiger partial charge on any atom is -0.381 e. The molecule has 1 rings (SSSR count). The summed E-state index contributed by atoms with van der Waals surface area (Å²) in [5, 5.41) is 0. The molecule has 0 unspecified atom stereocenters. The van der Waals surface area contributed by atoms with Crippen molar-refractivity contribution in [3.63, 3.8) is 0 Å². The van der Waals surface area contributed by atoms with Crippen molar-refractivity contribution >= 4 is 0 Å². The summed E-state index contributed by atoms with van der Waals surface area (Å²) in [5.74, 6) is 0.972. The highest BCUT2D eigenvalue weighted by Crippen LogP contribution is 2.25. The number of ether oxygens (including phenoxy) is 1. The van der Waals surface area contributed by atoms with Crippen LogP contribution < -0.4 is 0 Å². The van der Waals surface area contributed by atoms with Gasteiger partial charge < -0.3 is 4.74 Å². The van der Waals surface area contributed by atoms with Crippen LogP contribution >= 0.6 is 0 Å². The minimum atomic E-state index is 0.951. The molecule has 1 heteroatoms. The van der Waals surface area contributed by atoms with E-state index in [1.807, 2.05) is 0 Å². The fraction of sp³-hybridized carbons (Fsp3) is 1.00. The van der Waals surface area contributed by atoms with Crippen LogP contribution in [0.25, 0.3) is 0 Å². The smallest absolute Gasteiger partial charge is 0.0468 e. The van der Waals surface area contributed by atoms with Crippen molar-refractivity contribution in [3.8, 4) is 0 Å². The maximum Gasteiger partial charge on any atom is 0.0468 e. The molecule has 0 N–H and O–H groups in total. The summed E-state index contributed by atoms with van der Waals surface area (Å²) in [6.07, 6.45) is 11.2. The summed E-state index contributed by atoms with van der Waals surface area (Å²) >= 11 is 0. The summed E-state index contributed by atoms with van der Waals surface area (Å²) in [6, 6.07) is 0. The highest BCUT2D eigenvalue weighted by Gasteiger charge is 2.11. The quantitative estimate of drug-likeness (QED) is 0.467. The molecule has 1 aliphatic rings. The Balaban J connectivity index is 1.98. The summed E-state index contributed by atoms with van der Waals surface area (Å²) < 4.78 is 5.53. The normalized spacial score (nSPS) is 20.1. The average Bonchev–Trinajstić information content (AvgIpc) is 2.41. The van der Waals surface area contributed by atoms with Crippen molar-refractivity contribution in [2.75, 3.05) is 13.2 Å². The van der Waals surface area contributed by atoms with E-state index in [1.165, 1.54) is 44.9 Å². The molecule has 13 heavy (non-hydrogen) atoms. The van der Waals surface area contributed by atoms with Gasteiger partial charge in [0.15, 0.2) is 0 Å². The summed E-state index contributed by atoms with van der Waals surface area (Å²) in [7, 11) is 0. The Bertz CT molecular complexity index is 104. The molecule has 0 aliphatic heterocycles. The third kappa shape index (κ3) is 5.30. The van der Waals surface area contributed by atoms with E-state index in [-0.39, 0.29) is 0 Å². The second kappa shape index (κ2) is 7.37. The third-order valence-electron chi connectivity index (χ3n) is 2.99. The fourth-order valence-electron chi connectivity index (χ4n) is 2.15. The van der Waals surface area contributed by atoms with E-state index in [2.05, 4.69) is 6.92 Å². The Morgan fingerprint density at radius 1 is 1.00 bits per heavy atom. The zero-order valence-corrected chi connectivity index (χ0v) is 9.06. The van der Waals surface area contributed by atoms with Crippen molar-refractivity contribution in [2.45, 2.75) is 58.3 Å². The lowest BCUT2D eigenvalue weighted by Crippen LogP contribution is -2.05. The molecule has 0 heterocycles. The van der Waals surface area contributed by atoms with Gasteiger partial charge in [-0.15, -0.1) is 0 Å². The molecule has 0 radical (unpaired) electrons. The first-order valence-electron chi connectivity index (χ1n) is 6.01. The second-order valence-electron chi connectivity index (χ2n) is 4.26. The van der Waals surface area contributed by atoms with Gasteiger partial charge in [-0.3, -0.25) is 0 Å². The topological polar surface area (TPSA) is 9.23 Å². The Kier molecular flexibility index (Phi) is 6.26. The molecule has 0 aromatic heterocycles. The van der Waals surface area contributed by atoms with Crippen LogP contribution in [0.2, 0.25) is 0 Å². The zero-order chi connectivity index (χ0) is 9.36. The van der Waals surface area contributed by atoms with Gasteiger partial charge in [0.05, 0.1) is 0 Å². The van der Waals surface area contributed by atoms with Gasteiger partial charge >= 0.3 is 0 Å². The van der Waals surface area contributed by atoms with E-state index in [4.69, 9.17) is 4.74 Å². The zero-order valence-electron chi connectivity index (χ0n) is 9.06. The number of hydrogen-bond acceptors (Lipinski definition) is 1. The maximum atomic E-state index is 5.53. The van der Waals surface area contributed by atoms with Crippen molar-refractivity contribution in [1.82, 2.24) is 0 Å².